The SMILES string of the molecule is C=CC[C@](CO)(NC)c1ccc(Cl)c(Cl)c1. The number of hydrogen-bond acceptors (Lipinski definition) is 2. The van der Waals surface area contributed by atoms with Crippen molar-refractivity contribution in [3.05, 3.63) is 46.5 Å². The summed E-state index contributed by atoms with van der Waals surface area (Å²) in [6, 6.07) is 5.34. The minimum atomic E-state index is -0.546. The van der Waals surface area contributed by atoms with Crippen molar-refractivity contribution in [2.75, 3.05) is 13.7 Å². The van der Waals surface area contributed by atoms with E-state index < -0.39 is 5.54 Å². The van der Waals surface area contributed by atoms with Gasteiger partial charge in [-0.25, -0.2) is 0 Å². The van der Waals surface area contributed by atoms with Gasteiger partial charge in [0.25, 0.3) is 0 Å². The molecule has 0 saturated carbocycles. The van der Waals surface area contributed by atoms with Gasteiger partial charge in [-0.2, -0.15) is 0 Å². The van der Waals surface area contributed by atoms with E-state index in [4.69, 9.17) is 23.2 Å². The Hall–Kier alpha value is -0.540. The van der Waals surface area contributed by atoms with Gasteiger partial charge in [0.05, 0.1) is 22.2 Å². The van der Waals surface area contributed by atoms with Crippen molar-refractivity contribution in [2.24, 2.45) is 0 Å². The molecule has 0 saturated heterocycles. The highest BCUT2D eigenvalue weighted by Gasteiger charge is 2.28. The van der Waals surface area contributed by atoms with Crippen molar-refractivity contribution >= 4 is 23.2 Å². The number of halogens is 2. The number of rotatable bonds is 5. The summed E-state index contributed by atoms with van der Waals surface area (Å²) in [5, 5.41) is 13.6. The Morgan fingerprint density at radius 1 is 1.44 bits per heavy atom. The predicted molar refractivity (Wildman–Crippen MR) is 69.1 cm³/mol. The molecule has 4 heteroatoms. The molecule has 0 unspecified atom stereocenters. The van der Waals surface area contributed by atoms with Crippen LogP contribution in [0.3, 0.4) is 0 Å². The van der Waals surface area contributed by atoms with Crippen LogP contribution in [-0.2, 0) is 5.54 Å². The molecule has 2 nitrogen and oxygen atoms in total. The Morgan fingerprint density at radius 2 is 2.12 bits per heavy atom. The summed E-state index contributed by atoms with van der Waals surface area (Å²) in [4.78, 5) is 0. The van der Waals surface area contributed by atoms with Gasteiger partial charge in [-0.05, 0) is 31.2 Å². The Morgan fingerprint density at radius 3 is 2.56 bits per heavy atom. The lowest BCUT2D eigenvalue weighted by molar-refractivity contribution is 0.170. The second-order valence-corrected chi connectivity index (χ2v) is 4.43. The third-order valence-corrected chi connectivity index (χ3v) is 3.45. The van der Waals surface area contributed by atoms with E-state index in [1.54, 1.807) is 25.3 Å². The van der Waals surface area contributed by atoms with Crippen LogP contribution >= 0.6 is 23.2 Å². The fourth-order valence-corrected chi connectivity index (χ4v) is 1.94. The molecule has 0 bridgehead atoms. The van der Waals surface area contributed by atoms with Gasteiger partial charge in [-0.1, -0.05) is 35.3 Å². The van der Waals surface area contributed by atoms with Crippen LogP contribution in [0.5, 0.6) is 0 Å². The van der Waals surface area contributed by atoms with Crippen LogP contribution in [0.1, 0.15) is 12.0 Å². The van der Waals surface area contributed by atoms with Crippen molar-refractivity contribution < 1.29 is 5.11 Å². The zero-order valence-electron chi connectivity index (χ0n) is 9.13. The molecule has 1 aromatic carbocycles. The normalized spacial score (nSPS) is 14.5. The van der Waals surface area contributed by atoms with Crippen LogP contribution in [0.2, 0.25) is 10.0 Å². The zero-order valence-corrected chi connectivity index (χ0v) is 10.6. The standard InChI is InChI=1S/C12H15Cl2NO/c1-3-6-12(8-16,15-2)9-4-5-10(13)11(14)7-9/h3-5,7,15-16H,1,6,8H2,2H3/t12-/m1/s1. The number of likely N-dealkylation sites (N-methyl/N-ethyl adjacent to an activating group) is 1. The summed E-state index contributed by atoms with van der Waals surface area (Å²) in [5.41, 5.74) is 0.350. The lowest BCUT2D eigenvalue weighted by atomic mass is 9.87. The summed E-state index contributed by atoms with van der Waals surface area (Å²) < 4.78 is 0. The predicted octanol–water partition coefficient (Wildman–Crippen LogP) is 2.98. The Kier molecular flexibility index (Phi) is 4.81. The second-order valence-electron chi connectivity index (χ2n) is 3.61. The topological polar surface area (TPSA) is 32.3 Å². The largest absolute Gasteiger partial charge is 0.394 e. The maximum atomic E-state index is 9.53. The highest BCUT2D eigenvalue weighted by atomic mass is 35.5. The van der Waals surface area contributed by atoms with E-state index in [9.17, 15) is 5.11 Å². The molecular formula is C12H15Cl2NO. The molecule has 16 heavy (non-hydrogen) atoms. The quantitative estimate of drug-likeness (QED) is 0.798. The molecule has 0 fully saturated rings. The molecule has 0 aliphatic carbocycles. The van der Waals surface area contributed by atoms with Crippen LogP contribution in [0.4, 0.5) is 0 Å². The Labute approximate surface area is 106 Å². The van der Waals surface area contributed by atoms with Crippen molar-refractivity contribution in [3.8, 4) is 0 Å². The first-order valence-corrected chi connectivity index (χ1v) is 5.71. The average molecular weight is 260 g/mol. The third kappa shape index (κ3) is 2.58. The van der Waals surface area contributed by atoms with Crippen molar-refractivity contribution in [1.29, 1.82) is 0 Å². The molecule has 0 amide bonds. The Balaban J connectivity index is 3.19. The van der Waals surface area contributed by atoms with Crippen LogP contribution in [-0.4, -0.2) is 18.8 Å². The van der Waals surface area contributed by atoms with Gasteiger partial charge in [0.15, 0.2) is 0 Å². The number of aliphatic hydroxyl groups excluding tert-OH is 1. The molecule has 2 N–H and O–H groups in total. The maximum absolute atomic E-state index is 9.53. The zero-order chi connectivity index (χ0) is 12.2. The molecule has 0 spiro atoms. The van der Waals surface area contributed by atoms with Gasteiger partial charge in [0.1, 0.15) is 0 Å². The molecule has 0 aliphatic rings. The van der Waals surface area contributed by atoms with Crippen LogP contribution < -0.4 is 5.32 Å². The van der Waals surface area contributed by atoms with E-state index in [0.29, 0.717) is 16.5 Å². The van der Waals surface area contributed by atoms with Gasteiger partial charge in [-0.15, -0.1) is 6.58 Å². The van der Waals surface area contributed by atoms with E-state index in [1.807, 2.05) is 6.07 Å². The number of benzene rings is 1. The minimum absolute atomic E-state index is 0.0342. The number of nitrogens with one attached hydrogen (secondary N) is 1. The third-order valence-electron chi connectivity index (χ3n) is 2.71. The smallest absolute Gasteiger partial charge is 0.0701 e. The summed E-state index contributed by atoms with van der Waals surface area (Å²) in [6.07, 6.45) is 2.37. The monoisotopic (exact) mass is 259 g/mol. The maximum Gasteiger partial charge on any atom is 0.0701 e. The van der Waals surface area contributed by atoms with Gasteiger partial charge in [0, 0.05) is 0 Å². The van der Waals surface area contributed by atoms with Crippen LogP contribution in [0, 0.1) is 0 Å². The molecule has 0 radical (unpaired) electrons. The second kappa shape index (κ2) is 5.69. The molecule has 0 aliphatic heterocycles. The summed E-state index contributed by atoms with van der Waals surface area (Å²) in [7, 11) is 1.79. The molecular weight excluding hydrogens is 245 g/mol. The van der Waals surface area contributed by atoms with Gasteiger partial charge >= 0.3 is 0 Å². The van der Waals surface area contributed by atoms with Gasteiger partial charge in [0.2, 0.25) is 0 Å². The molecule has 1 atom stereocenters. The first-order chi connectivity index (χ1) is 7.59. The van der Waals surface area contributed by atoms with E-state index in [2.05, 4.69) is 11.9 Å². The molecule has 0 aromatic heterocycles. The lowest BCUT2D eigenvalue weighted by Gasteiger charge is -2.31. The molecule has 1 rings (SSSR count). The number of aliphatic hydroxyl groups is 1. The average Bonchev–Trinajstić information content (AvgIpc) is 2.30. The summed E-state index contributed by atoms with van der Waals surface area (Å²) in [6.45, 7) is 3.66. The van der Waals surface area contributed by atoms with Gasteiger partial charge in [-0.3, -0.25) is 0 Å². The van der Waals surface area contributed by atoms with Crippen LogP contribution in [0.25, 0.3) is 0 Å². The van der Waals surface area contributed by atoms with E-state index in [0.717, 1.165) is 5.56 Å². The van der Waals surface area contributed by atoms with Crippen LogP contribution in [0.15, 0.2) is 30.9 Å². The number of hydrogen-bond donors (Lipinski definition) is 2. The first kappa shape index (κ1) is 13.5. The van der Waals surface area contributed by atoms with E-state index in [-0.39, 0.29) is 6.61 Å². The highest BCUT2D eigenvalue weighted by Crippen LogP contribution is 2.30. The van der Waals surface area contributed by atoms with Gasteiger partial charge < -0.3 is 10.4 Å². The lowest BCUT2D eigenvalue weighted by Crippen LogP contribution is -2.43. The highest BCUT2D eigenvalue weighted by molar-refractivity contribution is 6.42. The molecule has 0 heterocycles. The Bertz CT molecular complexity index is 375. The summed E-state index contributed by atoms with van der Waals surface area (Å²) >= 11 is 11.8. The minimum Gasteiger partial charge on any atom is -0.394 e. The molecule has 1 aromatic rings. The van der Waals surface area contributed by atoms with Crippen molar-refractivity contribution in [2.45, 2.75) is 12.0 Å². The fraction of sp³-hybridized carbons (Fsp3) is 0.333. The fourth-order valence-electron chi connectivity index (χ4n) is 1.64. The van der Waals surface area contributed by atoms with Crippen molar-refractivity contribution in [1.82, 2.24) is 5.32 Å². The molecule has 88 valence electrons. The first-order valence-electron chi connectivity index (χ1n) is 4.96. The van der Waals surface area contributed by atoms with Crippen molar-refractivity contribution in [3.63, 3.8) is 0 Å². The van der Waals surface area contributed by atoms with E-state index >= 15 is 0 Å². The van der Waals surface area contributed by atoms with E-state index in [1.165, 1.54) is 0 Å². The summed E-state index contributed by atoms with van der Waals surface area (Å²) in [5.74, 6) is 0.